The Balaban J connectivity index is 1.60. The number of hydrogen-bond acceptors (Lipinski definition) is 4. The van der Waals surface area contributed by atoms with Gasteiger partial charge in [0, 0.05) is 25.2 Å². The minimum Gasteiger partial charge on any atom is -0.445 e. The van der Waals surface area contributed by atoms with Crippen LogP contribution in [0.5, 0.6) is 0 Å². The summed E-state index contributed by atoms with van der Waals surface area (Å²) in [7, 11) is 0. The Hall–Kier alpha value is -1.36. The maximum Gasteiger partial charge on any atom is 0.419 e. The number of nitrogens with zero attached hydrogens (tertiary/aromatic N) is 2. The Morgan fingerprint density at radius 1 is 1.56 bits per heavy atom. The molecule has 1 aliphatic carbocycles. The van der Waals surface area contributed by atoms with E-state index in [-0.39, 0.29) is 17.8 Å². The van der Waals surface area contributed by atoms with Crippen molar-refractivity contribution < 1.29 is 14.3 Å². The molecule has 1 saturated heterocycles. The van der Waals surface area contributed by atoms with Crippen molar-refractivity contribution in [2.75, 3.05) is 6.61 Å². The fourth-order valence-corrected chi connectivity index (χ4v) is 2.14. The molecule has 1 atom stereocenters. The third-order valence-corrected chi connectivity index (χ3v) is 3.24. The molecule has 2 heterocycles. The van der Waals surface area contributed by atoms with Gasteiger partial charge in [-0.15, -0.1) is 0 Å². The fraction of sp³-hybridized carbons (Fsp3) is 0.636. The number of imidazole rings is 1. The van der Waals surface area contributed by atoms with Crippen LogP contribution in [0.2, 0.25) is 0 Å². The standard InChI is InChI=1S/C11H14N2O3/c14-10(13-5-4-12-8-13)16-9-1-6-15-11(7-9)2-3-11/h4-5,8-9H,1-3,6-7H2. The van der Waals surface area contributed by atoms with E-state index >= 15 is 0 Å². The van der Waals surface area contributed by atoms with Crippen LogP contribution in [0.3, 0.4) is 0 Å². The zero-order chi connectivity index (χ0) is 11.0. The molecule has 5 heteroatoms. The lowest BCUT2D eigenvalue weighted by molar-refractivity contribution is -0.0628. The molecule has 16 heavy (non-hydrogen) atoms. The maximum atomic E-state index is 11.7. The highest BCUT2D eigenvalue weighted by Crippen LogP contribution is 2.46. The lowest BCUT2D eigenvalue weighted by Gasteiger charge is -2.29. The van der Waals surface area contributed by atoms with Gasteiger partial charge in [-0.25, -0.2) is 14.3 Å². The van der Waals surface area contributed by atoms with E-state index in [0.717, 1.165) is 25.7 Å². The van der Waals surface area contributed by atoms with E-state index in [1.807, 2.05) is 0 Å². The van der Waals surface area contributed by atoms with Gasteiger partial charge in [-0.2, -0.15) is 0 Å². The summed E-state index contributed by atoms with van der Waals surface area (Å²) in [6.07, 6.45) is 8.09. The summed E-state index contributed by atoms with van der Waals surface area (Å²) < 4.78 is 12.4. The minimum atomic E-state index is -0.347. The van der Waals surface area contributed by atoms with E-state index in [1.165, 1.54) is 10.9 Å². The SMILES string of the molecule is O=C(OC1CCOC2(CC2)C1)n1ccnc1. The molecule has 3 rings (SSSR count). The Kier molecular flexibility index (Phi) is 2.21. The third-order valence-electron chi connectivity index (χ3n) is 3.24. The summed E-state index contributed by atoms with van der Waals surface area (Å²) in [5, 5.41) is 0. The molecule has 0 N–H and O–H groups in total. The first kappa shape index (κ1) is 9.84. The first-order valence-electron chi connectivity index (χ1n) is 5.60. The highest BCUT2D eigenvalue weighted by Gasteiger charge is 2.48. The molecule has 86 valence electrons. The van der Waals surface area contributed by atoms with Crippen molar-refractivity contribution in [3.8, 4) is 0 Å². The molecule has 0 amide bonds. The van der Waals surface area contributed by atoms with Gasteiger partial charge >= 0.3 is 6.09 Å². The zero-order valence-corrected chi connectivity index (χ0v) is 8.96. The normalized spacial score (nSPS) is 26.6. The van der Waals surface area contributed by atoms with E-state index in [9.17, 15) is 4.79 Å². The summed E-state index contributed by atoms with van der Waals surface area (Å²) in [4.78, 5) is 15.5. The van der Waals surface area contributed by atoms with Crippen LogP contribution in [0.15, 0.2) is 18.7 Å². The van der Waals surface area contributed by atoms with Crippen LogP contribution in [0, 0.1) is 0 Å². The quantitative estimate of drug-likeness (QED) is 0.724. The molecule has 0 aromatic carbocycles. The second-order valence-corrected chi connectivity index (χ2v) is 4.50. The molecule has 2 fully saturated rings. The van der Waals surface area contributed by atoms with Gasteiger partial charge in [0.25, 0.3) is 0 Å². The predicted molar refractivity (Wildman–Crippen MR) is 55.0 cm³/mol. The smallest absolute Gasteiger partial charge is 0.419 e. The highest BCUT2D eigenvalue weighted by atomic mass is 16.6. The summed E-state index contributed by atoms with van der Waals surface area (Å²) in [5.41, 5.74) is 0.0398. The Labute approximate surface area is 93.4 Å². The largest absolute Gasteiger partial charge is 0.445 e. The zero-order valence-electron chi connectivity index (χ0n) is 8.96. The van der Waals surface area contributed by atoms with Crippen LogP contribution in [-0.4, -0.2) is 34.0 Å². The van der Waals surface area contributed by atoms with Crippen molar-refractivity contribution in [2.24, 2.45) is 0 Å². The Morgan fingerprint density at radius 3 is 3.12 bits per heavy atom. The van der Waals surface area contributed by atoms with E-state index < -0.39 is 0 Å². The predicted octanol–water partition coefficient (Wildman–Crippen LogP) is 1.58. The minimum absolute atomic E-state index is 0.00819. The summed E-state index contributed by atoms with van der Waals surface area (Å²) >= 11 is 0. The lowest BCUT2D eigenvalue weighted by atomic mass is 10.0. The lowest BCUT2D eigenvalue weighted by Crippen LogP contribution is -2.34. The van der Waals surface area contributed by atoms with E-state index in [1.54, 1.807) is 12.4 Å². The van der Waals surface area contributed by atoms with Gasteiger partial charge in [-0.1, -0.05) is 0 Å². The van der Waals surface area contributed by atoms with Crippen molar-refractivity contribution in [1.82, 2.24) is 9.55 Å². The molecule has 1 aliphatic heterocycles. The van der Waals surface area contributed by atoms with Crippen molar-refractivity contribution in [2.45, 2.75) is 37.4 Å². The van der Waals surface area contributed by atoms with Crippen LogP contribution >= 0.6 is 0 Å². The van der Waals surface area contributed by atoms with Gasteiger partial charge < -0.3 is 9.47 Å². The second kappa shape index (κ2) is 3.59. The molecule has 1 saturated carbocycles. The molecule has 0 radical (unpaired) electrons. The van der Waals surface area contributed by atoms with Gasteiger partial charge in [0.2, 0.25) is 0 Å². The van der Waals surface area contributed by atoms with Crippen molar-refractivity contribution in [1.29, 1.82) is 0 Å². The molecule has 1 aromatic rings. The average Bonchev–Trinajstić information content (AvgIpc) is 2.85. The molecule has 1 aromatic heterocycles. The summed E-state index contributed by atoms with van der Waals surface area (Å²) in [6, 6.07) is 0. The van der Waals surface area contributed by atoms with Crippen LogP contribution in [0.4, 0.5) is 4.79 Å². The number of hydrogen-bond donors (Lipinski definition) is 0. The molecule has 5 nitrogen and oxygen atoms in total. The fourth-order valence-electron chi connectivity index (χ4n) is 2.14. The number of carbonyl (C=O) groups is 1. The summed E-state index contributed by atoms with van der Waals surface area (Å²) in [6.45, 7) is 0.696. The second-order valence-electron chi connectivity index (χ2n) is 4.50. The molecular weight excluding hydrogens is 208 g/mol. The van der Waals surface area contributed by atoms with E-state index in [0.29, 0.717) is 6.61 Å². The number of rotatable bonds is 1. The van der Waals surface area contributed by atoms with Gasteiger partial charge in [0.1, 0.15) is 12.4 Å². The number of ether oxygens (including phenoxy) is 2. The van der Waals surface area contributed by atoms with Crippen LogP contribution in [-0.2, 0) is 9.47 Å². The number of carbonyl (C=O) groups excluding carboxylic acids is 1. The average molecular weight is 222 g/mol. The van der Waals surface area contributed by atoms with Gasteiger partial charge in [-0.05, 0) is 12.8 Å². The Bertz CT molecular complexity index is 384. The van der Waals surface area contributed by atoms with Crippen LogP contribution < -0.4 is 0 Å². The topological polar surface area (TPSA) is 53.4 Å². The van der Waals surface area contributed by atoms with Crippen molar-refractivity contribution >= 4 is 6.09 Å². The third kappa shape index (κ3) is 1.82. The summed E-state index contributed by atoms with van der Waals surface area (Å²) in [5.74, 6) is 0. The van der Waals surface area contributed by atoms with Gasteiger partial charge in [0.05, 0.1) is 12.2 Å². The maximum absolute atomic E-state index is 11.7. The first-order valence-corrected chi connectivity index (χ1v) is 5.60. The van der Waals surface area contributed by atoms with Crippen LogP contribution in [0.25, 0.3) is 0 Å². The monoisotopic (exact) mass is 222 g/mol. The van der Waals surface area contributed by atoms with Crippen molar-refractivity contribution in [3.05, 3.63) is 18.7 Å². The van der Waals surface area contributed by atoms with Gasteiger partial charge in [-0.3, -0.25) is 0 Å². The van der Waals surface area contributed by atoms with Gasteiger partial charge in [0.15, 0.2) is 0 Å². The van der Waals surface area contributed by atoms with Crippen LogP contribution in [0.1, 0.15) is 25.7 Å². The van der Waals surface area contributed by atoms with E-state index in [2.05, 4.69) is 4.98 Å². The molecular formula is C11H14N2O3. The molecule has 0 bridgehead atoms. The first-order chi connectivity index (χ1) is 7.77. The van der Waals surface area contributed by atoms with E-state index in [4.69, 9.17) is 9.47 Å². The molecule has 1 unspecified atom stereocenters. The molecule has 2 aliphatic rings. The highest BCUT2D eigenvalue weighted by molar-refractivity contribution is 5.70. The van der Waals surface area contributed by atoms with Crippen molar-refractivity contribution in [3.63, 3.8) is 0 Å². The number of aromatic nitrogens is 2. The molecule has 1 spiro atoms. The Morgan fingerprint density at radius 2 is 2.44 bits per heavy atom.